The van der Waals surface area contributed by atoms with E-state index in [-0.39, 0.29) is 35.3 Å². The van der Waals surface area contributed by atoms with Crippen LogP contribution in [0.15, 0.2) is 11.4 Å². The fourth-order valence-electron chi connectivity index (χ4n) is 0.646. The first-order valence-electron chi connectivity index (χ1n) is 2.76. The van der Waals surface area contributed by atoms with Gasteiger partial charge >= 0.3 is 29.6 Å². The summed E-state index contributed by atoms with van der Waals surface area (Å²) >= 11 is -0.801. The summed E-state index contributed by atoms with van der Waals surface area (Å²) < 4.78 is 20.4. The van der Waals surface area contributed by atoms with Crippen LogP contribution in [-0.4, -0.2) is 8.76 Å². The summed E-state index contributed by atoms with van der Waals surface area (Å²) in [5, 5.41) is 10.1. The molecule has 0 radical (unpaired) electrons. The van der Waals surface area contributed by atoms with Gasteiger partial charge in [0.2, 0.25) is 0 Å². The van der Waals surface area contributed by atoms with E-state index < -0.39 is 11.1 Å². The minimum atomic E-state index is -2.06. The van der Waals surface area contributed by atoms with Crippen molar-refractivity contribution < 1.29 is 38.3 Å². The van der Waals surface area contributed by atoms with Crippen molar-refractivity contribution in [2.24, 2.45) is 0 Å². The van der Waals surface area contributed by atoms with E-state index in [4.69, 9.17) is 5.26 Å². The zero-order valence-electron chi connectivity index (χ0n) is 6.44. The molecule has 58 valence electrons. The Morgan fingerprint density at radius 2 is 2.42 bits per heavy atom. The fourth-order valence-corrected chi connectivity index (χ4v) is 1.89. The molecule has 0 bridgehead atoms. The number of hydrogen-bond acceptors (Lipinski definition) is 4. The zero-order chi connectivity index (χ0) is 8.27. The topological polar surface area (TPSA) is 63.9 Å². The first kappa shape index (κ1) is 12.3. The van der Waals surface area contributed by atoms with Gasteiger partial charge in [-0.3, -0.25) is 4.21 Å². The van der Waals surface area contributed by atoms with E-state index in [1.54, 1.807) is 11.4 Å². The molecule has 3 nitrogen and oxygen atoms in total. The van der Waals surface area contributed by atoms with Crippen LogP contribution in [0.2, 0.25) is 0 Å². The third-order valence-electron chi connectivity index (χ3n) is 1.05. The maximum Gasteiger partial charge on any atom is 1.00 e. The van der Waals surface area contributed by atoms with E-state index in [1.807, 2.05) is 6.07 Å². The summed E-state index contributed by atoms with van der Waals surface area (Å²) in [6.07, 6.45) is 0. The van der Waals surface area contributed by atoms with Crippen LogP contribution in [-0.2, 0) is 16.8 Å². The molecule has 0 amide bonds. The smallest absolute Gasteiger partial charge is 0.772 e. The van der Waals surface area contributed by atoms with Gasteiger partial charge in [-0.05, 0) is 17.0 Å². The summed E-state index contributed by atoms with van der Waals surface area (Å²) in [6, 6.07) is 3.52. The van der Waals surface area contributed by atoms with Crippen molar-refractivity contribution in [1.29, 1.82) is 5.26 Å². The Hall–Kier alpha value is 0.300. The molecule has 0 saturated carbocycles. The van der Waals surface area contributed by atoms with E-state index in [2.05, 4.69) is 0 Å². The molecule has 1 rings (SSSR count). The van der Waals surface area contributed by atoms with Crippen molar-refractivity contribution in [2.45, 2.75) is 5.75 Å². The van der Waals surface area contributed by atoms with Gasteiger partial charge in [0.1, 0.15) is 10.9 Å². The van der Waals surface area contributed by atoms with Gasteiger partial charge in [-0.1, -0.05) is 11.1 Å². The van der Waals surface area contributed by atoms with Crippen LogP contribution < -0.4 is 29.6 Å². The molecule has 0 spiro atoms. The Labute approximate surface area is 99.0 Å². The van der Waals surface area contributed by atoms with Crippen molar-refractivity contribution in [3.63, 3.8) is 0 Å². The van der Waals surface area contributed by atoms with Crippen LogP contribution in [0.25, 0.3) is 0 Å². The Morgan fingerprint density at radius 1 is 1.75 bits per heavy atom. The minimum absolute atomic E-state index is 0. The molecule has 1 heterocycles. The molecule has 1 atom stereocenters. The summed E-state index contributed by atoms with van der Waals surface area (Å²) in [5.41, 5.74) is 0.680. The summed E-state index contributed by atoms with van der Waals surface area (Å²) in [4.78, 5) is 0.547. The Kier molecular flexibility index (Phi) is 6.01. The number of nitrogens with zero attached hydrogens (tertiary/aromatic N) is 1. The van der Waals surface area contributed by atoms with Gasteiger partial charge in [0.25, 0.3) is 0 Å². The van der Waals surface area contributed by atoms with Crippen LogP contribution in [0.1, 0.15) is 10.4 Å². The van der Waals surface area contributed by atoms with Gasteiger partial charge in [0, 0.05) is 5.75 Å². The van der Waals surface area contributed by atoms with Crippen LogP contribution in [0, 0.1) is 11.3 Å². The van der Waals surface area contributed by atoms with Crippen LogP contribution >= 0.6 is 11.3 Å². The predicted octanol–water partition coefficient (Wildman–Crippen LogP) is -2.00. The van der Waals surface area contributed by atoms with Gasteiger partial charge in [-0.15, -0.1) is 11.3 Å². The van der Waals surface area contributed by atoms with E-state index in [0.29, 0.717) is 10.4 Å². The van der Waals surface area contributed by atoms with E-state index in [0.717, 1.165) is 0 Å². The molecule has 0 fully saturated rings. The van der Waals surface area contributed by atoms with Gasteiger partial charge in [0.15, 0.2) is 0 Å². The molecule has 0 N–H and O–H groups in total. The SMILES string of the molecule is N#Cc1cc(CS(=O)[O-])cs1.[Na+]. The number of hydrogen-bond donors (Lipinski definition) is 0. The Balaban J connectivity index is 0.00000121. The zero-order valence-corrected chi connectivity index (χ0v) is 10.1. The van der Waals surface area contributed by atoms with Gasteiger partial charge in [-0.25, -0.2) is 0 Å². The molecule has 1 aromatic heterocycles. The third kappa shape index (κ3) is 3.81. The normalized spacial score (nSPS) is 11.3. The van der Waals surface area contributed by atoms with E-state index in [1.165, 1.54) is 11.3 Å². The van der Waals surface area contributed by atoms with Gasteiger partial charge < -0.3 is 4.55 Å². The third-order valence-corrected chi connectivity index (χ3v) is 2.50. The summed E-state index contributed by atoms with van der Waals surface area (Å²) in [7, 11) is 0. The van der Waals surface area contributed by atoms with Gasteiger partial charge in [-0.2, -0.15) is 5.26 Å². The minimum Gasteiger partial charge on any atom is -0.772 e. The van der Waals surface area contributed by atoms with Gasteiger partial charge in [0.05, 0.1) is 0 Å². The van der Waals surface area contributed by atoms with Crippen molar-refractivity contribution in [1.82, 2.24) is 0 Å². The molecule has 0 aliphatic carbocycles. The number of nitriles is 1. The van der Waals surface area contributed by atoms with Crippen molar-refractivity contribution in [2.75, 3.05) is 0 Å². The molecule has 1 unspecified atom stereocenters. The second-order valence-corrected chi connectivity index (χ2v) is 3.69. The summed E-state index contributed by atoms with van der Waals surface area (Å²) in [5.74, 6) is -0.00181. The molecule has 0 aliphatic heterocycles. The molecular weight excluding hydrogens is 205 g/mol. The maximum atomic E-state index is 10.2. The second-order valence-electron chi connectivity index (χ2n) is 1.88. The summed E-state index contributed by atoms with van der Waals surface area (Å²) in [6.45, 7) is 0. The first-order valence-corrected chi connectivity index (χ1v) is 4.88. The predicted molar refractivity (Wildman–Crippen MR) is 41.7 cm³/mol. The first-order chi connectivity index (χ1) is 5.22. The molecule has 0 aliphatic rings. The van der Waals surface area contributed by atoms with E-state index >= 15 is 0 Å². The quantitative estimate of drug-likeness (QED) is 0.418. The van der Waals surface area contributed by atoms with Crippen LogP contribution in [0.4, 0.5) is 0 Å². The Bertz CT molecular complexity index is 318. The van der Waals surface area contributed by atoms with Crippen LogP contribution in [0.3, 0.4) is 0 Å². The van der Waals surface area contributed by atoms with Crippen LogP contribution in [0.5, 0.6) is 0 Å². The Morgan fingerprint density at radius 3 is 2.83 bits per heavy atom. The van der Waals surface area contributed by atoms with Crippen molar-refractivity contribution >= 4 is 22.4 Å². The average molecular weight is 209 g/mol. The molecular formula is C6H4NNaO2S2. The molecule has 0 saturated heterocycles. The second kappa shape index (κ2) is 5.86. The van der Waals surface area contributed by atoms with E-state index in [9.17, 15) is 8.76 Å². The molecule has 0 aromatic carbocycles. The van der Waals surface area contributed by atoms with Crippen molar-refractivity contribution in [3.05, 3.63) is 21.9 Å². The number of rotatable bonds is 2. The molecule has 12 heavy (non-hydrogen) atoms. The molecule has 6 heteroatoms. The largest absolute Gasteiger partial charge is 1.00 e. The van der Waals surface area contributed by atoms with Crippen molar-refractivity contribution in [3.8, 4) is 6.07 Å². The fraction of sp³-hybridized carbons (Fsp3) is 0.167. The average Bonchev–Trinajstić information content (AvgIpc) is 2.34. The number of thiophene rings is 1. The standard InChI is InChI=1S/C6H5NO2S2.Na/c7-2-6-1-5(3-10-6)4-11(8)9;/h1,3H,4H2,(H,8,9);/q;+1/p-1. The maximum absolute atomic E-state index is 10.2. The monoisotopic (exact) mass is 209 g/mol. The molecule has 1 aromatic rings.